The quantitative estimate of drug-likeness (QED) is 0.599. The van der Waals surface area contributed by atoms with Crippen LogP contribution >= 0.6 is 11.6 Å². The molecular weight excluding hydrogens is 374 g/mol. The van der Waals surface area contributed by atoms with Crippen molar-refractivity contribution >= 4 is 40.2 Å². The second kappa shape index (κ2) is 6.91. The van der Waals surface area contributed by atoms with Gasteiger partial charge in [0.15, 0.2) is 5.82 Å². The van der Waals surface area contributed by atoms with Gasteiger partial charge in [0, 0.05) is 0 Å². The first-order valence-electron chi connectivity index (χ1n) is 9.40. The van der Waals surface area contributed by atoms with Gasteiger partial charge < -0.3 is 15.6 Å². The van der Waals surface area contributed by atoms with Crippen LogP contribution in [0.1, 0.15) is 31.4 Å². The molecule has 7 nitrogen and oxygen atoms in total. The number of nitrogens with one attached hydrogen (secondary N) is 3. The standard InChI is InChI=1S/C20H20ClN7/c1-11(13-4-5-16-17(6-13)25-10-24-16)26-20-23-9-15(21)19(28-20)27-18-7-14(8-22-18)12-2-3-12/h4-7,9-12H,2-3,8H2,1H3,(H,24,25)(H2,22,23,26,27,28)/t11-/m0/s1. The maximum absolute atomic E-state index is 6.29. The Labute approximate surface area is 167 Å². The molecule has 0 saturated heterocycles. The van der Waals surface area contributed by atoms with E-state index in [1.165, 1.54) is 18.4 Å². The average molecular weight is 394 g/mol. The topological polar surface area (TPSA) is 90.9 Å². The number of halogens is 1. The lowest BCUT2D eigenvalue weighted by Gasteiger charge is -2.15. The third-order valence-electron chi connectivity index (χ3n) is 5.14. The van der Waals surface area contributed by atoms with E-state index in [1.807, 2.05) is 12.1 Å². The van der Waals surface area contributed by atoms with Gasteiger partial charge in [0.25, 0.3) is 0 Å². The van der Waals surface area contributed by atoms with Gasteiger partial charge in [0.05, 0.1) is 36.1 Å². The highest BCUT2D eigenvalue weighted by atomic mass is 35.5. The van der Waals surface area contributed by atoms with Crippen molar-refractivity contribution in [2.75, 3.05) is 17.2 Å². The van der Waals surface area contributed by atoms with E-state index in [0.717, 1.165) is 29.0 Å². The lowest BCUT2D eigenvalue weighted by atomic mass is 10.1. The van der Waals surface area contributed by atoms with Crippen LogP contribution in [0.5, 0.6) is 0 Å². The highest BCUT2D eigenvalue weighted by Gasteiger charge is 2.28. The maximum Gasteiger partial charge on any atom is 0.225 e. The second-order valence-electron chi connectivity index (χ2n) is 7.26. The van der Waals surface area contributed by atoms with Crippen LogP contribution in [0.25, 0.3) is 11.0 Å². The Morgan fingerprint density at radius 3 is 3.00 bits per heavy atom. The normalized spacial score (nSPS) is 17.4. The van der Waals surface area contributed by atoms with Gasteiger partial charge in [-0.3, -0.25) is 4.99 Å². The van der Waals surface area contributed by atoms with Crippen LogP contribution in [0.3, 0.4) is 0 Å². The van der Waals surface area contributed by atoms with Crippen molar-refractivity contribution in [1.29, 1.82) is 0 Å². The summed E-state index contributed by atoms with van der Waals surface area (Å²) in [4.78, 5) is 20.8. The van der Waals surface area contributed by atoms with Crippen molar-refractivity contribution in [1.82, 2.24) is 19.9 Å². The fourth-order valence-electron chi connectivity index (χ4n) is 3.37. The Morgan fingerprint density at radius 1 is 1.25 bits per heavy atom. The van der Waals surface area contributed by atoms with Crippen molar-refractivity contribution in [3.8, 4) is 0 Å². The van der Waals surface area contributed by atoms with E-state index in [-0.39, 0.29) is 6.04 Å². The van der Waals surface area contributed by atoms with E-state index < -0.39 is 0 Å². The number of nitrogens with zero attached hydrogens (tertiary/aromatic N) is 4. The molecule has 1 aromatic carbocycles. The number of amidine groups is 1. The Bertz CT molecular complexity index is 1100. The Balaban J connectivity index is 1.32. The minimum Gasteiger partial charge on any atom is -0.348 e. The number of rotatable bonds is 5. The van der Waals surface area contributed by atoms with E-state index in [2.05, 4.69) is 54.6 Å². The summed E-state index contributed by atoms with van der Waals surface area (Å²) in [5, 5.41) is 7.03. The van der Waals surface area contributed by atoms with Crippen LogP contribution in [0.15, 0.2) is 47.4 Å². The van der Waals surface area contributed by atoms with Gasteiger partial charge in [-0.25, -0.2) is 9.97 Å². The van der Waals surface area contributed by atoms with E-state index in [1.54, 1.807) is 12.5 Å². The van der Waals surface area contributed by atoms with Crippen molar-refractivity contribution in [3.63, 3.8) is 0 Å². The van der Waals surface area contributed by atoms with Gasteiger partial charge in [0.2, 0.25) is 5.95 Å². The largest absolute Gasteiger partial charge is 0.348 e. The van der Waals surface area contributed by atoms with Crippen LogP contribution in [-0.4, -0.2) is 32.3 Å². The number of imidazole rings is 1. The lowest BCUT2D eigenvalue weighted by molar-refractivity contribution is 0.862. The molecule has 1 fully saturated rings. The fraction of sp³-hybridized carbons (Fsp3) is 0.300. The van der Waals surface area contributed by atoms with Gasteiger partial charge in [-0.2, -0.15) is 4.98 Å². The third-order valence-corrected chi connectivity index (χ3v) is 5.41. The molecule has 0 radical (unpaired) electrons. The van der Waals surface area contributed by atoms with E-state index >= 15 is 0 Å². The summed E-state index contributed by atoms with van der Waals surface area (Å²) in [7, 11) is 0. The summed E-state index contributed by atoms with van der Waals surface area (Å²) in [6.07, 6.45) is 7.97. The van der Waals surface area contributed by atoms with Crippen LogP contribution in [0.4, 0.5) is 11.8 Å². The highest BCUT2D eigenvalue weighted by Crippen LogP contribution is 2.38. The van der Waals surface area contributed by atoms with Gasteiger partial charge in [0.1, 0.15) is 10.9 Å². The van der Waals surface area contributed by atoms with Gasteiger partial charge >= 0.3 is 0 Å². The summed E-state index contributed by atoms with van der Waals surface area (Å²) in [5.74, 6) is 2.59. The molecule has 3 heterocycles. The molecule has 3 aromatic rings. The Morgan fingerprint density at radius 2 is 2.14 bits per heavy atom. The molecule has 2 aliphatic rings. The number of benzene rings is 1. The van der Waals surface area contributed by atoms with Crippen molar-refractivity contribution in [2.24, 2.45) is 10.9 Å². The fourth-order valence-corrected chi connectivity index (χ4v) is 3.50. The monoisotopic (exact) mass is 393 g/mol. The smallest absolute Gasteiger partial charge is 0.225 e. The Hall–Kier alpha value is -2.93. The van der Waals surface area contributed by atoms with Crippen LogP contribution in [0.2, 0.25) is 5.02 Å². The molecule has 0 bridgehead atoms. The molecule has 1 saturated carbocycles. The summed E-state index contributed by atoms with van der Waals surface area (Å²) >= 11 is 6.29. The lowest BCUT2D eigenvalue weighted by Crippen LogP contribution is -2.13. The molecule has 28 heavy (non-hydrogen) atoms. The zero-order chi connectivity index (χ0) is 19.1. The van der Waals surface area contributed by atoms with Crippen molar-refractivity contribution in [2.45, 2.75) is 25.8 Å². The first kappa shape index (κ1) is 17.2. The molecule has 8 heteroatoms. The SMILES string of the molecule is C[C@H](Nc1ncc(Cl)c(NC2=NCC(C3CC3)=C2)n1)c1ccc2nc[nH]c2c1. The molecule has 0 unspecified atom stereocenters. The first-order valence-corrected chi connectivity index (χ1v) is 9.77. The molecule has 3 N–H and O–H groups in total. The van der Waals surface area contributed by atoms with Gasteiger partial charge in [-0.1, -0.05) is 17.7 Å². The molecule has 5 rings (SSSR count). The predicted molar refractivity (Wildman–Crippen MR) is 112 cm³/mol. The molecule has 1 atom stereocenters. The molecular formula is C20H20ClN7. The summed E-state index contributed by atoms with van der Waals surface area (Å²) in [6.45, 7) is 2.84. The number of aliphatic imine (C=N–C) groups is 1. The molecule has 0 amide bonds. The number of H-pyrrole nitrogens is 1. The van der Waals surface area contributed by atoms with Crippen LogP contribution in [-0.2, 0) is 0 Å². The van der Waals surface area contributed by atoms with Gasteiger partial charge in [-0.15, -0.1) is 0 Å². The van der Waals surface area contributed by atoms with Crippen molar-refractivity contribution < 1.29 is 0 Å². The second-order valence-corrected chi connectivity index (χ2v) is 7.66. The maximum atomic E-state index is 6.29. The Kier molecular flexibility index (Phi) is 4.24. The summed E-state index contributed by atoms with van der Waals surface area (Å²) in [5.41, 5.74) is 4.46. The first-order chi connectivity index (χ1) is 13.7. The number of fused-ring (bicyclic) bond motifs is 1. The minimum absolute atomic E-state index is 0.0203. The predicted octanol–water partition coefficient (Wildman–Crippen LogP) is 4.34. The van der Waals surface area contributed by atoms with Crippen LogP contribution in [0, 0.1) is 5.92 Å². The number of aromatic nitrogens is 4. The molecule has 0 spiro atoms. The highest BCUT2D eigenvalue weighted by molar-refractivity contribution is 6.33. The minimum atomic E-state index is 0.0203. The van der Waals surface area contributed by atoms with Crippen molar-refractivity contribution in [3.05, 3.63) is 53.0 Å². The van der Waals surface area contributed by atoms with Crippen LogP contribution < -0.4 is 10.6 Å². The third kappa shape index (κ3) is 3.45. The average Bonchev–Trinajstić information content (AvgIpc) is 3.25. The summed E-state index contributed by atoms with van der Waals surface area (Å²) in [6, 6.07) is 6.14. The molecule has 142 valence electrons. The van der Waals surface area contributed by atoms with E-state index in [4.69, 9.17) is 11.6 Å². The zero-order valence-electron chi connectivity index (χ0n) is 15.4. The molecule has 1 aliphatic carbocycles. The number of hydrogen-bond donors (Lipinski definition) is 3. The van der Waals surface area contributed by atoms with E-state index in [9.17, 15) is 0 Å². The number of hydrogen-bond acceptors (Lipinski definition) is 6. The number of anilines is 2. The molecule has 1 aliphatic heterocycles. The zero-order valence-corrected chi connectivity index (χ0v) is 16.2. The van der Waals surface area contributed by atoms with E-state index in [0.29, 0.717) is 22.7 Å². The molecule has 2 aromatic heterocycles. The number of aromatic amines is 1. The van der Waals surface area contributed by atoms with Gasteiger partial charge in [-0.05, 0) is 55.0 Å². The summed E-state index contributed by atoms with van der Waals surface area (Å²) < 4.78 is 0.